The van der Waals surface area contributed by atoms with Gasteiger partial charge in [0.2, 0.25) is 0 Å². The molecule has 0 saturated heterocycles. The van der Waals surface area contributed by atoms with Crippen LogP contribution in [-0.2, 0) is 0 Å². The Morgan fingerprint density at radius 1 is 0.704 bits per heavy atom. The van der Waals surface area contributed by atoms with Crippen LogP contribution in [0.4, 0.5) is 0 Å². The quantitative estimate of drug-likeness (QED) is 0.320. The van der Waals surface area contributed by atoms with Crippen molar-refractivity contribution in [3.05, 3.63) is 80.8 Å². The molecule has 0 radical (unpaired) electrons. The first-order valence-corrected chi connectivity index (χ1v) is 9.85. The van der Waals surface area contributed by atoms with Crippen molar-refractivity contribution in [1.29, 1.82) is 0 Å². The van der Waals surface area contributed by atoms with Crippen LogP contribution in [0.25, 0.3) is 11.1 Å². The van der Waals surface area contributed by atoms with Crippen molar-refractivity contribution in [2.75, 3.05) is 0 Å². The Bertz CT molecular complexity index is 844. The first-order valence-electron chi connectivity index (χ1n) is 8.28. The Hall–Kier alpha value is -1.87. The van der Waals surface area contributed by atoms with E-state index >= 15 is 0 Å². The maximum absolute atomic E-state index is 9.67. The summed E-state index contributed by atoms with van der Waals surface area (Å²) in [5.41, 5.74) is 21.9. The van der Waals surface area contributed by atoms with Gasteiger partial charge in [-0.1, -0.05) is 23.2 Å². The molecule has 0 amide bonds. The van der Waals surface area contributed by atoms with Gasteiger partial charge in [-0.2, -0.15) is 9.58 Å². The molecule has 2 aromatic carbocycles. The second-order valence-corrected chi connectivity index (χ2v) is 10.2. The average Bonchev–Trinajstić information content (AvgIpc) is 2.58. The zero-order valence-electron chi connectivity index (χ0n) is 15.6. The van der Waals surface area contributed by atoms with Gasteiger partial charge < -0.3 is 11.1 Å². The molecule has 0 fully saturated rings. The van der Waals surface area contributed by atoms with Crippen LogP contribution in [0.2, 0.25) is 10.0 Å². The fourth-order valence-electron chi connectivity index (χ4n) is 3.00. The van der Waals surface area contributed by atoms with Crippen molar-refractivity contribution in [2.45, 2.75) is 37.2 Å². The Morgan fingerprint density at radius 2 is 1.00 bits per heavy atom. The van der Waals surface area contributed by atoms with Crippen molar-refractivity contribution in [3.63, 3.8) is 0 Å². The van der Waals surface area contributed by atoms with Gasteiger partial charge in [0.15, 0.2) is 0 Å². The number of halogens is 2. The molecule has 0 unspecified atom stereocenters. The molecule has 0 atom stereocenters. The van der Waals surface area contributed by atoms with E-state index < -0.39 is 9.49 Å². The topological polar surface area (TPSA) is 72.8 Å². The molecule has 0 heterocycles. The molecule has 0 aliphatic carbocycles. The maximum Gasteiger partial charge on any atom is 0.314 e. The van der Waals surface area contributed by atoms with E-state index in [0.29, 0.717) is 21.5 Å². The van der Waals surface area contributed by atoms with E-state index in [2.05, 4.69) is 9.58 Å². The Morgan fingerprint density at radius 3 is 1.26 bits per heavy atom. The predicted molar refractivity (Wildman–Crippen MR) is 114 cm³/mol. The van der Waals surface area contributed by atoms with Crippen LogP contribution < -0.4 is 0 Å². The molecule has 2 rings (SSSR count). The SMILES string of the molecule is CC(C)(SC(C)(C)C(=[N+]=[N-])c1ccc(Cl)cc1)C(=[N+]=[N-])c1ccc(Cl)cc1. The van der Waals surface area contributed by atoms with E-state index in [1.807, 2.05) is 52.0 Å². The lowest BCUT2D eigenvalue weighted by atomic mass is 9.98. The van der Waals surface area contributed by atoms with Gasteiger partial charge in [0.1, 0.15) is 9.49 Å². The van der Waals surface area contributed by atoms with Gasteiger partial charge in [0.05, 0.1) is 11.1 Å². The van der Waals surface area contributed by atoms with Crippen molar-refractivity contribution in [2.24, 2.45) is 0 Å². The summed E-state index contributed by atoms with van der Waals surface area (Å²) in [7, 11) is 0. The summed E-state index contributed by atoms with van der Waals surface area (Å²) < 4.78 is -1.18. The minimum Gasteiger partial charge on any atom is -0.361 e. The summed E-state index contributed by atoms with van der Waals surface area (Å²) >= 11 is 13.4. The summed E-state index contributed by atoms with van der Waals surface area (Å²) in [6.07, 6.45) is 0. The summed E-state index contributed by atoms with van der Waals surface area (Å²) in [6, 6.07) is 14.3. The van der Waals surface area contributed by atoms with Gasteiger partial charge in [-0.3, -0.25) is 0 Å². The van der Waals surface area contributed by atoms with E-state index in [1.54, 1.807) is 24.3 Å². The first kappa shape index (κ1) is 21.4. The van der Waals surface area contributed by atoms with Gasteiger partial charge in [-0.05, 0) is 76.2 Å². The Balaban J connectivity index is 2.38. The zero-order valence-corrected chi connectivity index (χ0v) is 17.9. The minimum atomic E-state index is -0.589. The van der Waals surface area contributed by atoms with Crippen LogP contribution in [-0.4, -0.2) is 30.5 Å². The van der Waals surface area contributed by atoms with Crippen LogP contribution in [0, 0.1) is 0 Å². The monoisotopic (exact) mass is 418 g/mol. The fourth-order valence-corrected chi connectivity index (χ4v) is 5.04. The molecule has 0 aliphatic heterocycles. The molecule has 4 nitrogen and oxygen atoms in total. The van der Waals surface area contributed by atoms with Gasteiger partial charge in [-0.25, -0.2) is 0 Å². The summed E-state index contributed by atoms with van der Waals surface area (Å²) in [5, 5.41) is 1.22. The summed E-state index contributed by atoms with van der Waals surface area (Å²) in [6.45, 7) is 7.83. The molecule has 0 N–H and O–H groups in total. The number of rotatable bonds is 6. The molecule has 7 heteroatoms. The number of benzene rings is 2. The number of thioether (sulfide) groups is 1. The second kappa shape index (κ2) is 8.43. The highest BCUT2D eigenvalue weighted by Crippen LogP contribution is 2.40. The third kappa shape index (κ3) is 5.10. The van der Waals surface area contributed by atoms with Crippen molar-refractivity contribution in [3.8, 4) is 0 Å². The van der Waals surface area contributed by atoms with E-state index in [1.165, 1.54) is 11.8 Å². The minimum absolute atomic E-state index is 0.505. The summed E-state index contributed by atoms with van der Waals surface area (Å²) in [4.78, 5) is 7.09. The van der Waals surface area contributed by atoms with Crippen molar-refractivity contribution in [1.82, 2.24) is 0 Å². The van der Waals surface area contributed by atoms with E-state index in [-0.39, 0.29) is 0 Å². The highest BCUT2D eigenvalue weighted by molar-refractivity contribution is 8.03. The Labute approximate surface area is 173 Å². The number of hydrogen-bond donors (Lipinski definition) is 0. The average molecular weight is 419 g/mol. The van der Waals surface area contributed by atoms with Crippen molar-refractivity contribution >= 4 is 46.4 Å². The highest BCUT2D eigenvalue weighted by Gasteiger charge is 2.45. The predicted octanol–water partition coefficient (Wildman–Crippen LogP) is 6.02. The van der Waals surface area contributed by atoms with Gasteiger partial charge in [-0.15, -0.1) is 11.8 Å². The van der Waals surface area contributed by atoms with E-state index in [4.69, 9.17) is 23.2 Å². The van der Waals surface area contributed by atoms with Gasteiger partial charge in [0, 0.05) is 10.0 Å². The standard InChI is InChI=1S/C20H20Cl2N4S/c1-19(2,17(25-23)13-5-9-15(21)10-6-13)27-20(3,4)18(26-24)14-7-11-16(22)12-8-14/h5-12H,1-4H3. The Kier molecular flexibility index (Phi) is 6.69. The van der Waals surface area contributed by atoms with Gasteiger partial charge in [0.25, 0.3) is 0 Å². The molecule has 0 aliphatic rings. The molecule has 2 aromatic rings. The smallest absolute Gasteiger partial charge is 0.314 e. The van der Waals surface area contributed by atoms with Crippen LogP contribution in [0.15, 0.2) is 48.5 Å². The van der Waals surface area contributed by atoms with Crippen molar-refractivity contribution < 1.29 is 9.58 Å². The molecule has 0 aromatic heterocycles. The number of nitrogens with zero attached hydrogens (tertiary/aromatic N) is 4. The lowest BCUT2D eigenvalue weighted by molar-refractivity contribution is -0.00942. The first-order chi connectivity index (χ1) is 12.6. The molecular formula is C20H20Cl2N4S. The molecule has 0 spiro atoms. The third-order valence-corrected chi connectivity index (χ3v) is 6.00. The molecule has 140 valence electrons. The largest absolute Gasteiger partial charge is 0.361 e. The lowest BCUT2D eigenvalue weighted by Crippen LogP contribution is -2.40. The van der Waals surface area contributed by atoms with Crippen LogP contribution in [0.3, 0.4) is 0 Å². The third-order valence-electron chi connectivity index (χ3n) is 4.09. The van der Waals surface area contributed by atoms with E-state index in [9.17, 15) is 11.1 Å². The van der Waals surface area contributed by atoms with Crippen LogP contribution in [0.1, 0.15) is 38.8 Å². The van der Waals surface area contributed by atoms with Crippen LogP contribution in [0.5, 0.6) is 0 Å². The zero-order chi connectivity index (χ0) is 20.2. The molecule has 27 heavy (non-hydrogen) atoms. The lowest BCUT2D eigenvalue weighted by Gasteiger charge is -2.28. The molecular weight excluding hydrogens is 399 g/mol. The highest BCUT2D eigenvalue weighted by atomic mass is 35.5. The van der Waals surface area contributed by atoms with Gasteiger partial charge >= 0.3 is 11.4 Å². The number of hydrogen-bond acceptors (Lipinski definition) is 1. The second-order valence-electron chi connectivity index (χ2n) is 7.03. The summed E-state index contributed by atoms with van der Waals surface area (Å²) in [5.74, 6) is 0. The normalized spacial score (nSPS) is 11.5. The van der Waals surface area contributed by atoms with E-state index in [0.717, 1.165) is 11.1 Å². The van der Waals surface area contributed by atoms with Crippen LogP contribution >= 0.6 is 35.0 Å². The molecule has 0 bridgehead atoms. The fraction of sp³-hybridized carbons (Fsp3) is 0.300. The maximum atomic E-state index is 9.67. The molecule has 0 saturated carbocycles.